The number of rotatable bonds is 2. The molecule has 0 bridgehead atoms. The average Bonchev–Trinajstić information content (AvgIpc) is 2.69. The van der Waals surface area contributed by atoms with Crippen LogP contribution < -0.4 is 0 Å². The van der Waals surface area contributed by atoms with Gasteiger partial charge in [-0.05, 0) is 0 Å². The van der Waals surface area contributed by atoms with Gasteiger partial charge in [-0.25, -0.2) is 0 Å². The monoisotopic (exact) mass is 224 g/mol. The van der Waals surface area contributed by atoms with Crippen LogP contribution in [0.4, 0.5) is 0 Å². The summed E-state index contributed by atoms with van der Waals surface area (Å²) in [6.07, 6.45) is 6.32. The molecule has 0 nitrogen and oxygen atoms in total. The molecule has 0 radical (unpaired) electrons. The molecule has 0 spiro atoms. The van der Waals surface area contributed by atoms with Gasteiger partial charge in [-0.15, -0.1) is 0 Å². The van der Waals surface area contributed by atoms with Crippen molar-refractivity contribution in [2.45, 2.75) is 46.9 Å². The first kappa shape index (κ1) is 12.7. The summed E-state index contributed by atoms with van der Waals surface area (Å²) >= 11 is 0. The Morgan fingerprint density at radius 3 is 2.94 bits per heavy atom. The number of fused-ring (bicyclic) bond motifs is 1. The van der Waals surface area contributed by atoms with Gasteiger partial charge >= 0.3 is 107 Å². The van der Waals surface area contributed by atoms with Crippen LogP contribution in [0.2, 0.25) is 6.32 Å². The quantitative estimate of drug-likeness (QED) is 0.627. The molecule has 0 saturated carbocycles. The average molecular weight is 224 g/mol. The van der Waals surface area contributed by atoms with Gasteiger partial charge in [-0.1, -0.05) is 0 Å². The molecule has 0 aromatic rings. The van der Waals surface area contributed by atoms with E-state index in [2.05, 4.69) is 52.6 Å². The van der Waals surface area contributed by atoms with Gasteiger partial charge in [0, 0.05) is 0 Å². The normalized spacial score (nSPS) is 20.4. The molecule has 0 unspecified atom stereocenters. The fourth-order valence-corrected chi connectivity index (χ4v) is 2.68. The molecule has 0 amide bonds. The van der Waals surface area contributed by atoms with Crippen LogP contribution in [-0.4, -0.2) is 19.0 Å². The van der Waals surface area contributed by atoms with E-state index < -0.39 is 0 Å². The van der Waals surface area contributed by atoms with Gasteiger partial charge in [0.05, 0.1) is 0 Å². The van der Waals surface area contributed by atoms with E-state index in [0.717, 1.165) is 0 Å². The van der Waals surface area contributed by atoms with Crippen LogP contribution >= 0.6 is 0 Å². The number of hydrogen-bond acceptors (Lipinski definition) is 0. The molecule has 0 atom stereocenters. The van der Waals surface area contributed by atoms with Crippen LogP contribution in [-0.2, 0) is 0 Å². The summed E-state index contributed by atoms with van der Waals surface area (Å²) in [5.41, 5.74) is 4.59. The molecule has 2 aliphatic heterocycles. The molecule has 2 heteroatoms. The van der Waals surface area contributed by atoms with Crippen molar-refractivity contribution in [2.24, 2.45) is 5.92 Å². The second-order valence-corrected chi connectivity index (χ2v) is 5.70. The molecule has 0 N–H and O–H groups in total. The van der Waals surface area contributed by atoms with Crippen molar-refractivity contribution in [1.29, 1.82) is 0 Å². The van der Waals surface area contributed by atoms with E-state index in [-0.39, 0.29) is 0 Å². The Kier molecular flexibility index (Phi) is 3.91. The van der Waals surface area contributed by atoms with Gasteiger partial charge in [-0.3, -0.25) is 0 Å². The standard InChI is InChI=1S/C15H22B2/c1-11(2)12(3)10-14-6-5-8-17-9-7-16-15(17)13(14)4/h7,9-11H,5-6,8H2,1-4H3/b12-10+. The van der Waals surface area contributed by atoms with E-state index in [4.69, 9.17) is 0 Å². The summed E-state index contributed by atoms with van der Waals surface area (Å²) in [4.78, 5) is 0. The van der Waals surface area contributed by atoms with Crippen LogP contribution in [0.1, 0.15) is 40.5 Å². The molecular formula is C15H22B2. The van der Waals surface area contributed by atoms with Crippen molar-refractivity contribution in [3.05, 3.63) is 34.7 Å². The van der Waals surface area contributed by atoms with E-state index in [9.17, 15) is 0 Å². The summed E-state index contributed by atoms with van der Waals surface area (Å²) in [7, 11) is 0. The number of hydrogen-bond donors (Lipinski definition) is 0. The predicted octanol–water partition coefficient (Wildman–Crippen LogP) is 3.68. The second-order valence-electron chi connectivity index (χ2n) is 5.70. The first-order chi connectivity index (χ1) is 8.09. The van der Waals surface area contributed by atoms with E-state index in [0.29, 0.717) is 12.6 Å². The van der Waals surface area contributed by atoms with Crippen LogP contribution in [0.15, 0.2) is 34.7 Å². The number of allylic oxidation sites excluding steroid dienone is 4. The molecule has 0 aliphatic carbocycles. The van der Waals surface area contributed by atoms with E-state index >= 15 is 0 Å². The van der Waals surface area contributed by atoms with Crippen LogP contribution in [0, 0.1) is 5.92 Å². The zero-order valence-corrected chi connectivity index (χ0v) is 11.6. The molecule has 2 aliphatic rings. The first-order valence-corrected chi connectivity index (χ1v) is 6.86. The summed E-state index contributed by atoms with van der Waals surface area (Å²) in [5, 5.41) is 1.56. The summed E-state index contributed by atoms with van der Waals surface area (Å²) in [5.74, 6) is 5.25. The molecule has 17 heavy (non-hydrogen) atoms. The third-order valence-electron chi connectivity index (χ3n) is 4.21. The van der Waals surface area contributed by atoms with Crippen molar-refractivity contribution in [3.8, 4) is 0 Å². The molecule has 0 fully saturated rings. The van der Waals surface area contributed by atoms with Crippen molar-refractivity contribution in [1.82, 2.24) is 0 Å². The van der Waals surface area contributed by atoms with Crippen LogP contribution in [0.25, 0.3) is 0 Å². The third kappa shape index (κ3) is 2.73. The van der Waals surface area contributed by atoms with Gasteiger partial charge in [0.2, 0.25) is 0 Å². The van der Waals surface area contributed by atoms with Gasteiger partial charge in [0.25, 0.3) is 0 Å². The summed E-state index contributed by atoms with van der Waals surface area (Å²) in [6.45, 7) is 12.1. The predicted molar refractivity (Wildman–Crippen MR) is 81.0 cm³/mol. The minimum absolute atomic E-state index is 0.657. The van der Waals surface area contributed by atoms with E-state index in [1.54, 1.807) is 10.9 Å². The van der Waals surface area contributed by atoms with Crippen LogP contribution in [0.5, 0.6) is 0 Å². The SMILES string of the molecule is CC1=C(/C=C(\C)C(C)C)CCCB2C=CB=C21. The molecule has 0 saturated heterocycles. The van der Waals surface area contributed by atoms with E-state index in [1.165, 1.54) is 30.3 Å². The Balaban J connectivity index is 2.32. The first-order valence-electron chi connectivity index (χ1n) is 6.86. The topological polar surface area (TPSA) is 0 Å². The van der Waals surface area contributed by atoms with Crippen LogP contribution in [0.3, 0.4) is 0 Å². The molecule has 2 rings (SSSR count). The molecular weight excluding hydrogens is 202 g/mol. The molecule has 0 aromatic carbocycles. The summed E-state index contributed by atoms with van der Waals surface area (Å²) in [6, 6.07) is 0. The fraction of sp³-hybridized carbons (Fsp3) is 0.533. The Bertz CT molecular complexity index is 422. The van der Waals surface area contributed by atoms with Crippen molar-refractivity contribution in [3.63, 3.8) is 0 Å². The molecule has 2 heterocycles. The van der Waals surface area contributed by atoms with Crippen molar-refractivity contribution < 1.29 is 0 Å². The zero-order chi connectivity index (χ0) is 12.4. The van der Waals surface area contributed by atoms with Gasteiger partial charge in [-0.2, -0.15) is 0 Å². The maximum absolute atomic E-state index is 2.43. The fourth-order valence-electron chi connectivity index (χ4n) is 2.68. The Hall–Kier alpha value is -0.780. The molecule has 0 aromatic heterocycles. The zero-order valence-electron chi connectivity index (χ0n) is 11.6. The van der Waals surface area contributed by atoms with Gasteiger partial charge in [0.1, 0.15) is 0 Å². The Morgan fingerprint density at radius 2 is 2.24 bits per heavy atom. The second kappa shape index (κ2) is 5.25. The van der Waals surface area contributed by atoms with Gasteiger partial charge < -0.3 is 0 Å². The van der Waals surface area contributed by atoms with Crippen molar-refractivity contribution >= 4 is 19.0 Å². The molecule has 88 valence electrons. The summed E-state index contributed by atoms with van der Waals surface area (Å²) < 4.78 is 0. The van der Waals surface area contributed by atoms with Crippen molar-refractivity contribution in [2.75, 3.05) is 0 Å². The van der Waals surface area contributed by atoms with Gasteiger partial charge in [0.15, 0.2) is 0 Å². The Labute approximate surface area is 107 Å². The minimum atomic E-state index is 0.657. The maximum atomic E-state index is 2.43. The van der Waals surface area contributed by atoms with E-state index in [1.807, 2.05) is 0 Å². The third-order valence-corrected chi connectivity index (χ3v) is 4.21. The Morgan fingerprint density at radius 1 is 1.47 bits per heavy atom.